The number of pyridine rings is 1. The summed E-state index contributed by atoms with van der Waals surface area (Å²) in [5.41, 5.74) is 4.13. The summed E-state index contributed by atoms with van der Waals surface area (Å²) < 4.78 is 0. The molecule has 0 unspecified atom stereocenters. The van der Waals surface area contributed by atoms with E-state index in [0.29, 0.717) is 10.7 Å². The summed E-state index contributed by atoms with van der Waals surface area (Å²) in [5, 5.41) is 10.9. The van der Waals surface area contributed by atoms with Crippen LogP contribution in [0.1, 0.15) is 11.1 Å². The minimum absolute atomic E-state index is 0.0539. The highest BCUT2D eigenvalue weighted by Gasteiger charge is 2.16. The lowest BCUT2D eigenvalue weighted by Crippen LogP contribution is -2.06. The second kappa shape index (κ2) is 5.78. The van der Waals surface area contributed by atoms with E-state index in [1.165, 1.54) is 0 Å². The van der Waals surface area contributed by atoms with Crippen LogP contribution in [0.4, 0.5) is 0 Å². The zero-order valence-corrected chi connectivity index (χ0v) is 12.8. The Morgan fingerprint density at radius 1 is 1.14 bits per heavy atom. The van der Waals surface area contributed by atoms with E-state index in [9.17, 15) is 9.90 Å². The van der Waals surface area contributed by atoms with Gasteiger partial charge in [-0.05, 0) is 36.2 Å². The second-order valence-corrected chi connectivity index (χ2v) is 5.59. The van der Waals surface area contributed by atoms with Crippen molar-refractivity contribution >= 4 is 28.5 Å². The highest BCUT2D eigenvalue weighted by molar-refractivity contribution is 6.30. The van der Waals surface area contributed by atoms with E-state index < -0.39 is 5.97 Å². The number of para-hydroxylation sites is 1. The van der Waals surface area contributed by atoms with E-state index in [1.807, 2.05) is 43.3 Å². The number of carboxylic acids is 1. The average molecular weight is 312 g/mol. The lowest BCUT2D eigenvalue weighted by atomic mass is 9.95. The molecule has 2 aromatic carbocycles. The van der Waals surface area contributed by atoms with Gasteiger partial charge < -0.3 is 5.11 Å². The Labute approximate surface area is 133 Å². The lowest BCUT2D eigenvalue weighted by molar-refractivity contribution is -0.136. The van der Waals surface area contributed by atoms with Crippen molar-refractivity contribution in [2.24, 2.45) is 0 Å². The van der Waals surface area contributed by atoms with Crippen molar-refractivity contribution < 1.29 is 9.90 Å². The third-order valence-corrected chi connectivity index (χ3v) is 3.98. The van der Waals surface area contributed by atoms with Gasteiger partial charge in [-0.3, -0.25) is 4.79 Å². The van der Waals surface area contributed by atoms with Gasteiger partial charge in [-0.2, -0.15) is 0 Å². The molecule has 1 N–H and O–H groups in total. The van der Waals surface area contributed by atoms with E-state index in [0.717, 1.165) is 27.6 Å². The topological polar surface area (TPSA) is 50.2 Å². The number of aromatic nitrogens is 1. The van der Waals surface area contributed by atoms with Crippen molar-refractivity contribution in [2.75, 3.05) is 0 Å². The van der Waals surface area contributed by atoms with Crippen LogP contribution < -0.4 is 0 Å². The molecular formula is C18H14ClNO2. The van der Waals surface area contributed by atoms with Crippen molar-refractivity contribution in [1.82, 2.24) is 4.98 Å². The molecule has 0 radical (unpaired) electrons. The van der Waals surface area contributed by atoms with Crippen molar-refractivity contribution in [3.63, 3.8) is 0 Å². The molecule has 0 saturated carbocycles. The fraction of sp³-hybridized carbons (Fsp3) is 0.111. The summed E-state index contributed by atoms with van der Waals surface area (Å²) in [5.74, 6) is -0.865. The van der Waals surface area contributed by atoms with Crippen LogP contribution >= 0.6 is 11.6 Å². The van der Waals surface area contributed by atoms with Crippen molar-refractivity contribution in [3.8, 4) is 11.3 Å². The molecule has 0 spiro atoms. The Bertz CT molecular complexity index is 857. The summed E-state index contributed by atoms with van der Waals surface area (Å²) in [4.78, 5) is 15.9. The minimum atomic E-state index is -0.865. The molecule has 4 heteroatoms. The van der Waals surface area contributed by atoms with E-state index in [4.69, 9.17) is 11.6 Å². The van der Waals surface area contributed by atoms with Crippen LogP contribution in [-0.4, -0.2) is 16.1 Å². The van der Waals surface area contributed by atoms with Crippen LogP contribution in [0.5, 0.6) is 0 Å². The quantitative estimate of drug-likeness (QED) is 0.775. The maximum Gasteiger partial charge on any atom is 0.307 e. The Morgan fingerprint density at radius 2 is 1.82 bits per heavy atom. The molecule has 0 bridgehead atoms. The van der Waals surface area contributed by atoms with Gasteiger partial charge in [-0.15, -0.1) is 0 Å². The number of aryl methyl sites for hydroxylation is 1. The maximum absolute atomic E-state index is 11.2. The summed E-state index contributed by atoms with van der Waals surface area (Å²) in [7, 11) is 0. The number of rotatable bonds is 3. The first-order valence-corrected chi connectivity index (χ1v) is 7.30. The molecule has 0 atom stereocenters. The summed E-state index contributed by atoms with van der Waals surface area (Å²) >= 11 is 5.94. The Balaban J connectivity index is 2.30. The van der Waals surface area contributed by atoms with Crippen LogP contribution in [0.25, 0.3) is 22.2 Å². The van der Waals surface area contributed by atoms with Gasteiger partial charge in [0.05, 0.1) is 17.6 Å². The molecule has 3 nitrogen and oxygen atoms in total. The SMILES string of the molecule is Cc1c(CC(=O)O)c(-c2ccc(Cl)cc2)nc2ccccc12. The summed E-state index contributed by atoms with van der Waals surface area (Å²) in [6.07, 6.45) is -0.0539. The zero-order chi connectivity index (χ0) is 15.7. The van der Waals surface area contributed by atoms with Gasteiger partial charge in [0.25, 0.3) is 0 Å². The second-order valence-electron chi connectivity index (χ2n) is 5.16. The minimum Gasteiger partial charge on any atom is -0.481 e. The Kier molecular flexibility index (Phi) is 3.82. The van der Waals surface area contributed by atoms with Crippen LogP contribution in [0.3, 0.4) is 0 Å². The van der Waals surface area contributed by atoms with Crippen LogP contribution in [0.15, 0.2) is 48.5 Å². The van der Waals surface area contributed by atoms with E-state index in [2.05, 4.69) is 4.98 Å². The first kappa shape index (κ1) is 14.5. The third-order valence-electron chi connectivity index (χ3n) is 3.72. The number of aliphatic carboxylic acids is 1. The standard InChI is InChI=1S/C18H14ClNO2/c1-11-14-4-2-3-5-16(14)20-18(15(11)10-17(21)22)12-6-8-13(19)9-7-12/h2-9H,10H2,1H3,(H,21,22). The molecular weight excluding hydrogens is 298 g/mol. The van der Waals surface area contributed by atoms with E-state index in [1.54, 1.807) is 12.1 Å². The third kappa shape index (κ3) is 2.68. The molecule has 110 valence electrons. The molecule has 0 fully saturated rings. The number of carboxylic acid groups (broad SMARTS) is 1. The van der Waals surface area contributed by atoms with E-state index in [-0.39, 0.29) is 6.42 Å². The molecule has 1 aromatic heterocycles. The predicted octanol–water partition coefficient (Wildman–Crippen LogP) is 4.49. The number of carbonyl (C=O) groups is 1. The number of halogens is 1. The molecule has 0 saturated heterocycles. The van der Waals surface area contributed by atoms with Crippen molar-refractivity contribution in [1.29, 1.82) is 0 Å². The maximum atomic E-state index is 11.2. The van der Waals surface area contributed by atoms with Crippen molar-refractivity contribution in [3.05, 3.63) is 64.7 Å². The predicted molar refractivity (Wildman–Crippen MR) is 88.3 cm³/mol. The first-order chi connectivity index (χ1) is 10.6. The molecule has 0 aliphatic carbocycles. The van der Waals surface area contributed by atoms with Gasteiger partial charge >= 0.3 is 5.97 Å². The molecule has 22 heavy (non-hydrogen) atoms. The highest BCUT2D eigenvalue weighted by atomic mass is 35.5. The Hall–Kier alpha value is -2.39. The van der Waals surface area contributed by atoms with Crippen molar-refractivity contribution in [2.45, 2.75) is 13.3 Å². The summed E-state index contributed by atoms with van der Waals surface area (Å²) in [6.45, 7) is 1.95. The molecule has 0 amide bonds. The van der Waals surface area contributed by atoms with Gasteiger partial charge in [0.15, 0.2) is 0 Å². The molecule has 1 heterocycles. The number of benzene rings is 2. The average Bonchev–Trinajstić information content (AvgIpc) is 2.50. The van der Waals surface area contributed by atoms with E-state index >= 15 is 0 Å². The first-order valence-electron chi connectivity index (χ1n) is 6.92. The van der Waals surface area contributed by atoms with Crippen LogP contribution in [-0.2, 0) is 11.2 Å². The lowest BCUT2D eigenvalue weighted by Gasteiger charge is -2.14. The number of nitrogens with zero attached hydrogens (tertiary/aromatic N) is 1. The monoisotopic (exact) mass is 311 g/mol. The molecule has 3 rings (SSSR count). The largest absolute Gasteiger partial charge is 0.481 e. The van der Waals surface area contributed by atoms with Gasteiger partial charge in [-0.25, -0.2) is 4.98 Å². The smallest absolute Gasteiger partial charge is 0.307 e. The molecule has 0 aliphatic heterocycles. The number of hydrogen-bond donors (Lipinski definition) is 1. The van der Waals surface area contributed by atoms with Crippen LogP contribution in [0.2, 0.25) is 5.02 Å². The van der Waals surface area contributed by atoms with Gasteiger partial charge in [0.1, 0.15) is 0 Å². The Morgan fingerprint density at radius 3 is 2.50 bits per heavy atom. The molecule has 3 aromatic rings. The normalized spacial score (nSPS) is 10.8. The fourth-order valence-electron chi connectivity index (χ4n) is 2.63. The summed E-state index contributed by atoms with van der Waals surface area (Å²) in [6, 6.07) is 15.1. The van der Waals surface area contributed by atoms with Crippen LogP contribution in [0, 0.1) is 6.92 Å². The van der Waals surface area contributed by atoms with Gasteiger partial charge in [-0.1, -0.05) is 41.9 Å². The number of hydrogen-bond acceptors (Lipinski definition) is 2. The number of fused-ring (bicyclic) bond motifs is 1. The fourth-order valence-corrected chi connectivity index (χ4v) is 2.76. The van der Waals surface area contributed by atoms with Gasteiger partial charge in [0, 0.05) is 16.0 Å². The van der Waals surface area contributed by atoms with Gasteiger partial charge in [0.2, 0.25) is 0 Å². The zero-order valence-electron chi connectivity index (χ0n) is 12.0. The molecule has 0 aliphatic rings. The highest BCUT2D eigenvalue weighted by Crippen LogP contribution is 2.30.